The third kappa shape index (κ3) is 13.7. The summed E-state index contributed by atoms with van der Waals surface area (Å²) in [5.74, 6) is 2.13. The minimum atomic E-state index is -0.585. The summed E-state index contributed by atoms with van der Waals surface area (Å²) in [7, 11) is 0. The minimum absolute atomic E-state index is 0.0307. The van der Waals surface area contributed by atoms with Crippen molar-refractivity contribution in [3.8, 4) is 23.3 Å². The molecule has 1 saturated carbocycles. The summed E-state index contributed by atoms with van der Waals surface area (Å²) in [6, 6.07) is 18.8. The maximum atomic E-state index is 12.3. The zero-order valence-electron chi connectivity index (χ0n) is 41.3. The number of nitrogens with zero attached hydrogens (tertiary/aromatic N) is 1. The number of para-hydroxylation sites is 1. The van der Waals surface area contributed by atoms with Crippen LogP contribution in [0.15, 0.2) is 54.6 Å². The molecule has 0 saturated heterocycles. The van der Waals surface area contributed by atoms with Gasteiger partial charge in [-0.1, -0.05) is 92.6 Å². The molecule has 3 atom stereocenters. The van der Waals surface area contributed by atoms with E-state index in [-0.39, 0.29) is 34.1 Å². The summed E-state index contributed by atoms with van der Waals surface area (Å²) in [5.41, 5.74) is 4.43. The number of hydrogen-bond donors (Lipinski definition) is 2. The molecule has 0 amide bonds. The smallest absolute Gasteiger partial charge is 0.312 e. The quantitative estimate of drug-likeness (QED) is 0.193. The zero-order valence-corrected chi connectivity index (χ0v) is 41.3. The van der Waals surface area contributed by atoms with Crippen LogP contribution in [0.25, 0.3) is 0 Å². The first-order chi connectivity index (χ1) is 28.8. The van der Waals surface area contributed by atoms with E-state index in [1.54, 1.807) is 18.2 Å². The van der Waals surface area contributed by atoms with Gasteiger partial charge in [-0.2, -0.15) is 5.26 Å². The monoisotopic (exact) mass is 856 g/mol. The van der Waals surface area contributed by atoms with Crippen LogP contribution in [-0.4, -0.2) is 34.4 Å². The van der Waals surface area contributed by atoms with Gasteiger partial charge in [-0.15, -0.1) is 0 Å². The third-order valence-corrected chi connectivity index (χ3v) is 13.8. The van der Waals surface area contributed by atoms with Gasteiger partial charge in [0.1, 0.15) is 34.5 Å². The van der Waals surface area contributed by atoms with Crippen LogP contribution in [0.4, 0.5) is 0 Å². The van der Waals surface area contributed by atoms with Crippen molar-refractivity contribution < 1.29 is 34.0 Å². The third-order valence-electron chi connectivity index (χ3n) is 13.8. The van der Waals surface area contributed by atoms with Crippen molar-refractivity contribution in [3.63, 3.8) is 0 Å². The van der Waals surface area contributed by atoms with E-state index in [1.807, 2.05) is 97.9 Å². The van der Waals surface area contributed by atoms with Gasteiger partial charge in [0.25, 0.3) is 0 Å². The fourth-order valence-corrected chi connectivity index (χ4v) is 7.29. The lowest BCUT2D eigenvalue weighted by molar-refractivity contribution is -0.183. The molecular weight excluding hydrogens is 775 g/mol. The molecule has 0 spiro atoms. The average molecular weight is 856 g/mol. The van der Waals surface area contributed by atoms with Gasteiger partial charge in [0.15, 0.2) is 0 Å². The van der Waals surface area contributed by atoms with Gasteiger partial charge in [-0.3, -0.25) is 9.59 Å². The van der Waals surface area contributed by atoms with Gasteiger partial charge in [0.2, 0.25) is 0 Å². The Kier molecular flexibility index (Phi) is 19.7. The Morgan fingerprint density at radius 1 is 0.758 bits per heavy atom. The van der Waals surface area contributed by atoms with Crippen molar-refractivity contribution in [3.05, 3.63) is 88.0 Å². The lowest BCUT2D eigenvalue weighted by Crippen LogP contribution is -2.47. The highest BCUT2D eigenvalue weighted by molar-refractivity contribution is 5.77. The Hall–Kier alpha value is -4.51. The molecule has 3 aromatic rings. The number of carbonyl (C=O) groups excluding carboxylic acids is 2. The van der Waals surface area contributed by atoms with Gasteiger partial charge in [-0.25, -0.2) is 0 Å². The van der Waals surface area contributed by atoms with Gasteiger partial charge in [0.05, 0.1) is 23.0 Å². The normalized spacial score (nSPS) is 17.7. The van der Waals surface area contributed by atoms with Gasteiger partial charge in [0, 0.05) is 17.4 Å². The molecule has 0 bridgehead atoms. The Bertz CT molecular complexity index is 1960. The number of esters is 2. The first kappa shape index (κ1) is 53.6. The van der Waals surface area contributed by atoms with Crippen molar-refractivity contribution in [1.82, 2.24) is 0 Å². The highest BCUT2D eigenvalue weighted by Crippen LogP contribution is 2.47. The van der Waals surface area contributed by atoms with E-state index in [0.717, 1.165) is 61.0 Å². The number of phenols is 2. The van der Waals surface area contributed by atoms with Crippen LogP contribution in [-0.2, 0) is 24.7 Å². The second kappa shape index (κ2) is 22.7. The van der Waals surface area contributed by atoms with Crippen molar-refractivity contribution in [1.29, 1.82) is 5.26 Å². The molecule has 0 radical (unpaired) electrons. The van der Waals surface area contributed by atoms with Crippen molar-refractivity contribution in [2.24, 2.45) is 16.2 Å². The Morgan fingerprint density at radius 3 is 1.81 bits per heavy atom. The topological polar surface area (TPSA) is 126 Å². The van der Waals surface area contributed by atoms with E-state index in [2.05, 4.69) is 55.4 Å². The molecular formula is C54H81NO7. The summed E-state index contributed by atoms with van der Waals surface area (Å²) in [4.78, 5) is 24.6. The number of ether oxygens (including phenoxy) is 3. The molecule has 8 nitrogen and oxygen atoms in total. The second-order valence-corrected chi connectivity index (χ2v) is 20.0. The van der Waals surface area contributed by atoms with Gasteiger partial charge >= 0.3 is 11.9 Å². The largest absolute Gasteiger partial charge is 0.508 e. The molecule has 3 aromatic carbocycles. The number of carbonyl (C=O) groups is 2. The van der Waals surface area contributed by atoms with Crippen LogP contribution in [0, 0.1) is 41.4 Å². The molecule has 1 aliphatic carbocycles. The minimum Gasteiger partial charge on any atom is -0.508 e. The SMILES string of the molecule is CCC(C)(C)C(=O)OC1(C(C)(C)C)CCCC1.CCC(C)(C)C(=O)OC1(C)CCOc2ccccc21.CCC(C)c1ccc(O)c(C#N)c1.CCC(C)c1ccc(O)c(C)c1C. The fraction of sp³-hybridized carbons (Fsp3) is 0.611. The number of benzene rings is 3. The molecule has 1 fully saturated rings. The maximum Gasteiger partial charge on any atom is 0.312 e. The predicted molar refractivity (Wildman–Crippen MR) is 253 cm³/mol. The Balaban J connectivity index is 0.000000288. The van der Waals surface area contributed by atoms with Gasteiger partial charge < -0.3 is 24.4 Å². The fourth-order valence-electron chi connectivity index (χ4n) is 7.29. The molecule has 8 heteroatoms. The standard InChI is InChI=1S/C16H22O3.C15H28O2.C12H18O.C11H13NO/c1-5-15(2,3)14(17)19-16(4)10-11-18-13-9-7-6-8-12(13)16;1-7-14(5,6)12(16)17-15(13(2,3)4)10-8-9-11-15;1-5-8(2)11-6-7-12(13)10(4)9(11)3;1-3-8(2)9-4-5-11(13)10(6-9)7-12/h6-9H,5,10-11H2,1-4H3;7-11H2,1-6H3;6-8,13H,5H2,1-4H3;4-6,8,13H,3H2,1-2H3. The van der Waals surface area contributed by atoms with E-state index < -0.39 is 11.0 Å². The number of hydrogen-bond acceptors (Lipinski definition) is 8. The maximum absolute atomic E-state index is 12.3. The van der Waals surface area contributed by atoms with E-state index >= 15 is 0 Å². The summed E-state index contributed by atoms with van der Waals surface area (Å²) in [6.07, 6.45) is 8.85. The van der Waals surface area contributed by atoms with Crippen LogP contribution in [0.1, 0.15) is 200 Å². The molecule has 1 heterocycles. The van der Waals surface area contributed by atoms with Crippen LogP contribution in [0.5, 0.6) is 17.2 Å². The molecule has 62 heavy (non-hydrogen) atoms. The van der Waals surface area contributed by atoms with Crippen molar-refractivity contribution in [2.75, 3.05) is 6.61 Å². The molecule has 0 aromatic heterocycles. The van der Waals surface area contributed by atoms with E-state index in [9.17, 15) is 19.8 Å². The predicted octanol–water partition coefficient (Wildman–Crippen LogP) is 14.3. The summed E-state index contributed by atoms with van der Waals surface area (Å²) in [6.45, 7) is 33.6. The summed E-state index contributed by atoms with van der Waals surface area (Å²) >= 11 is 0. The van der Waals surface area contributed by atoms with Crippen LogP contribution >= 0.6 is 0 Å². The zero-order chi connectivity index (χ0) is 47.3. The number of aromatic hydroxyl groups is 2. The average Bonchev–Trinajstić information content (AvgIpc) is 3.73. The van der Waals surface area contributed by atoms with Gasteiger partial charge in [-0.05, 0) is 158 Å². The van der Waals surface area contributed by atoms with E-state index in [0.29, 0.717) is 36.2 Å². The molecule has 2 N–H and O–H groups in total. The molecule has 5 rings (SSSR count). The number of rotatable bonds is 10. The molecule has 1 aliphatic heterocycles. The number of phenolic OH excluding ortho intramolecular Hbond substituents is 2. The van der Waals surface area contributed by atoms with E-state index in [4.69, 9.17) is 19.5 Å². The highest BCUT2D eigenvalue weighted by Gasteiger charge is 2.49. The second-order valence-electron chi connectivity index (χ2n) is 20.0. The molecule has 2 aliphatic rings. The van der Waals surface area contributed by atoms with Crippen molar-refractivity contribution in [2.45, 2.75) is 192 Å². The van der Waals surface area contributed by atoms with Crippen LogP contribution in [0.3, 0.4) is 0 Å². The Morgan fingerprint density at radius 2 is 1.29 bits per heavy atom. The van der Waals surface area contributed by atoms with Crippen LogP contribution in [0.2, 0.25) is 0 Å². The first-order valence-electron chi connectivity index (χ1n) is 23.0. The van der Waals surface area contributed by atoms with Crippen molar-refractivity contribution >= 4 is 11.9 Å². The highest BCUT2D eigenvalue weighted by atomic mass is 16.6. The summed E-state index contributed by atoms with van der Waals surface area (Å²) in [5, 5.41) is 27.4. The molecule has 3 unspecified atom stereocenters. The number of nitriles is 1. The lowest BCUT2D eigenvalue weighted by Gasteiger charge is -2.42. The van der Waals surface area contributed by atoms with E-state index in [1.165, 1.54) is 24.0 Å². The Labute approximate surface area is 375 Å². The first-order valence-corrected chi connectivity index (χ1v) is 23.0. The lowest BCUT2D eigenvalue weighted by atomic mass is 9.74. The van der Waals surface area contributed by atoms with Crippen LogP contribution < -0.4 is 4.74 Å². The molecule has 344 valence electrons. The summed E-state index contributed by atoms with van der Waals surface area (Å²) < 4.78 is 17.4. The number of fused-ring (bicyclic) bond motifs is 1.